The first-order valence-corrected chi connectivity index (χ1v) is 11.8. The summed E-state index contributed by atoms with van der Waals surface area (Å²) >= 11 is 0. The normalized spacial score (nSPS) is 19.7. The number of nitrogens with zero attached hydrogens (tertiary/aromatic N) is 2. The van der Waals surface area contributed by atoms with Crippen molar-refractivity contribution >= 4 is 17.5 Å². The van der Waals surface area contributed by atoms with Crippen LogP contribution in [-0.4, -0.2) is 41.1 Å². The molecular formula is C25H33N3O4. The highest BCUT2D eigenvalue weighted by atomic mass is 16.5. The van der Waals surface area contributed by atoms with Gasteiger partial charge in [0.2, 0.25) is 11.7 Å². The van der Waals surface area contributed by atoms with E-state index in [0.29, 0.717) is 18.1 Å². The molecule has 1 N–H and O–H groups in total. The molecule has 1 aliphatic heterocycles. The highest BCUT2D eigenvalue weighted by Gasteiger charge is 2.31. The van der Waals surface area contributed by atoms with Gasteiger partial charge in [-0.3, -0.25) is 9.59 Å². The number of likely N-dealkylation sites (tertiary alicyclic amines) is 1. The first-order valence-electron chi connectivity index (χ1n) is 11.8. The van der Waals surface area contributed by atoms with Crippen molar-refractivity contribution in [2.45, 2.75) is 70.8 Å². The van der Waals surface area contributed by atoms with E-state index in [-0.39, 0.29) is 29.6 Å². The van der Waals surface area contributed by atoms with Crippen LogP contribution in [-0.2, 0) is 4.79 Å². The summed E-state index contributed by atoms with van der Waals surface area (Å²) in [5.41, 5.74) is 1.41. The van der Waals surface area contributed by atoms with Gasteiger partial charge in [0.05, 0.1) is 11.8 Å². The van der Waals surface area contributed by atoms with Gasteiger partial charge in [0.15, 0.2) is 0 Å². The number of benzene rings is 1. The zero-order valence-corrected chi connectivity index (χ0v) is 19.0. The Morgan fingerprint density at radius 1 is 1.09 bits per heavy atom. The van der Waals surface area contributed by atoms with Gasteiger partial charge in [-0.25, -0.2) is 0 Å². The van der Waals surface area contributed by atoms with Gasteiger partial charge in [0.25, 0.3) is 5.91 Å². The lowest BCUT2D eigenvalue weighted by Gasteiger charge is -2.35. The van der Waals surface area contributed by atoms with Crippen molar-refractivity contribution in [2.24, 2.45) is 5.92 Å². The second-order valence-electron chi connectivity index (χ2n) is 9.22. The molecule has 2 heterocycles. The third kappa shape index (κ3) is 5.50. The Labute approximate surface area is 189 Å². The largest absolute Gasteiger partial charge is 0.491 e. The maximum atomic E-state index is 12.9. The van der Waals surface area contributed by atoms with E-state index in [2.05, 4.69) is 10.5 Å². The fraction of sp³-hybridized carbons (Fsp3) is 0.560. The molecule has 1 saturated carbocycles. The first kappa shape index (κ1) is 22.4. The van der Waals surface area contributed by atoms with Gasteiger partial charge in [-0.05, 0) is 63.8 Å². The molecule has 1 aromatic carbocycles. The number of anilines is 1. The van der Waals surface area contributed by atoms with Crippen LogP contribution in [0.25, 0.3) is 0 Å². The standard InChI is InChI=1S/C25H33N3O4/c1-17(2)31-21-12-10-20(11-13-21)26-24(29)23-15-22(27-32-23)19-9-6-14-28(16-19)25(30)18-7-4-3-5-8-18/h10-13,15,17-19H,3-9,14,16H2,1-2H3,(H,26,29)/t19-/m0/s1. The summed E-state index contributed by atoms with van der Waals surface area (Å²) in [5.74, 6) is 1.17. The molecule has 0 bridgehead atoms. The highest BCUT2D eigenvalue weighted by Crippen LogP contribution is 2.31. The third-order valence-electron chi connectivity index (χ3n) is 6.34. The summed E-state index contributed by atoms with van der Waals surface area (Å²) in [6.45, 7) is 5.40. The molecular weight excluding hydrogens is 406 g/mol. The zero-order chi connectivity index (χ0) is 22.5. The molecule has 1 aromatic heterocycles. The van der Waals surface area contributed by atoms with E-state index in [1.165, 1.54) is 6.42 Å². The Hall–Kier alpha value is -2.83. The highest BCUT2D eigenvalue weighted by molar-refractivity contribution is 6.02. The molecule has 0 unspecified atom stereocenters. The summed E-state index contributed by atoms with van der Waals surface area (Å²) in [6.07, 6.45) is 7.56. The number of rotatable bonds is 6. The van der Waals surface area contributed by atoms with Gasteiger partial charge >= 0.3 is 0 Å². The molecule has 172 valence electrons. The summed E-state index contributed by atoms with van der Waals surface area (Å²) in [6, 6.07) is 8.94. The zero-order valence-electron chi connectivity index (χ0n) is 19.0. The van der Waals surface area contributed by atoms with Crippen LogP contribution in [0, 0.1) is 5.92 Å². The Balaban J connectivity index is 1.35. The number of nitrogens with one attached hydrogen (secondary N) is 1. The van der Waals surface area contributed by atoms with E-state index in [0.717, 1.165) is 56.5 Å². The van der Waals surface area contributed by atoms with Crippen molar-refractivity contribution in [3.05, 3.63) is 41.8 Å². The number of hydrogen-bond acceptors (Lipinski definition) is 5. The van der Waals surface area contributed by atoms with Gasteiger partial charge < -0.3 is 19.5 Å². The predicted molar refractivity (Wildman–Crippen MR) is 122 cm³/mol. The van der Waals surface area contributed by atoms with Crippen LogP contribution in [0.4, 0.5) is 5.69 Å². The van der Waals surface area contributed by atoms with E-state index < -0.39 is 0 Å². The van der Waals surface area contributed by atoms with Crippen LogP contribution >= 0.6 is 0 Å². The molecule has 7 heteroatoms. The fourth-order valence-corrected chi connectivity index (χ4v) is 4.70. The van der Waals surface area contributed by atoms with Crippen molar-refractivity contribution in [3.63, 3.8) is 0 Å². The molecule has 2 amide bonds. The summed E-state index contributed by atoms with van der Waals surface area (Å²) in [7, 11) is 0. The van der Waals surface area contributed by atoms with Crippen LogP contribution in [0.5, 0.6) is 5.75 Å². The van der Waals surface area contributed by atoms with Gasteiger partial charge in [-0.15, -0.1) is 0 Å². The minimum absolute atomic E-state index is 0.0942. The number of aromatic nitrogens is 1. The van der Waals surface area contributed by atoms with E-state index in [9.17, 15) is 9.59 Å². The quantitative estimate of drug-likeness (QED) is 0.685. The molecule has 2 aliphatic rings. The molecule has 32 heavy (non-hydrogen) atoms. The molecule has 0 spiro atoms. The van der Waals surface area contributed by atoms with Crippen LogP contribution in [0.2, 0.25) is 0 Å². The van der Waals surface area contributed by atoms with Crippen LogP contribution < -0.4 is 10.1 Å². The minimum atomic E-state index is -0.341. The third-order valence-corrected chi connectivity index (χ3v) is 6.34. The molecule has 1 atom stereocenters. The topological polar surface area (TPSA) is 84.7 Å². The number of amides is 2. The average molecular weight is 440 g/mol. The fourth-order valence-electron chi connectivity index (χ4n) is 4.70. The number of carbonyl (C=O) groups excluding carboxylic acids is 2. The number of ether oxygens (including phenoxy) is 1. The molecule has 1 saturated heterocycles. The first-order chi connectivity index (χ1) is 15.5. The molecule has 2 aromatic rings. The van der Waals surface area contributed by atoms with Gasteiger partial charge in [0, 0.05) is 36.7 Å². The van der Waals surface area contributed by atoms with E-state index >= 15 is 0 Å². The number of carbonyl (C=O) groups is 2. The Kier molecular flexibility index (Phi) is 7.12. The summed E-state index contributed by atoms with van der Waals surface area (Å²) < 4.78 is 11.0. The molecule has 2 fully saturated rings. The van der Waals surface area contributed by atoms with Crippen molar-refractivity contribution < 1.29 is 18.8 Å². The average Bonchev–Trinajstić information content (AvgIpc) is 3.31. The Morgan fingerprint density at radius 2 is 1.84 bits per heavy atom. The van der Waals surface area contributed by atoms with Crippen LogP contribution in [0.3, 0.4) is 0 Å². The molecule has 7 nitrogen and oxygen atoms in total. The summed E-state index contributed by atoms with van der Waals surface area (Å²) in [5, 5.41) is 6.99. The van der Waals surface area contributed by atoms with Crippen LogP contribution in [0.1, 0.15) is 81.0 Å². The second kappa shape index (κ2) is 10.2. The van der Waals surface area contributed by atoms with Crippen LogP contribution in [0.15, 0.2) is 34.9 Å². The van der Waals surface area contributed by atoms with Crippen molar-refractivity contribution in [2.75, 3.05) is 18.4 Å². The van der Waals surface area contributed by atoms with E-state index in [4.69, 9.17) is 9.26 Å². The maximum Gasteiger partial charge on any atom is 0.294 e. The SMILES string of the molecule is CC(C)Oc1ccc(NC(=O)c2cc([C@H]3CCCN(C(=O)C4CCCCC4)C3)no2)cc1. The van der Waals surface area contributed by atoms with E-state index in [1.807, 2.05) is 30.9 Å². The predicted octanol–water partition coefficient (Wildman–Crippen LogP) is 5.00. The van der Waals surface area contributed by atoms with Gasteiger partial charge in [0.1, 0.15) is 5.75 Å². The van der Waals surface area contributed by atoms with Crippen molar-refractivity contribution in [1.82, 2.24) is 10.1 Å². The maximum absolute atomic E-state index is 12.9. The van der Waals surface area contributed by atoms with E-state index in [1.54, 1.807) is 18.2 Å². The monoisotopic (exact) mass is 439 g/mol. The van der Waals surface area contributed by atoms with Gasteiger partial charge in [-0.1, -0.05) is 24.4 Å². The lowest BCUT2D eigenvalue weighted by atomic mass is 9.87. The van der Waals surface area contributed by atoms with Crippen molar-refractivity contribution in [3.8, 4) is 5.75 Å². The molecule has 1 aliphatic carbocycles. The van der Waals surface area contributed by atoms with Gasteiger partial charge in [-0.2, -0.15) is 0 Å². The second-order valence-corrected chi connectivity index (χ2v) is 9.22. The molecule has 0 radical (unpaired) electrons. The lowest BCUT2D eigenvalue weighted by Crippen LogP contribution is -2.42. The summed E-state index contributed by atoms with van der Waals surface area (Å²) in [4.78, 5) is 27.5. The Bertz CT molecular complexity index is 916. The number of hydrogen-bond donors (Lipinski definition) is 1. The Morgan fingerprint density at radius 3 is 2.56 bits per heavy atom. The van der Waals surface area contributed by atoms with Crippen molar-refractivity contribution in [1.29, 1.82) is 0 Å². The lowest BCUT2D eigenvalue weighted by molar-refractivity contribution is -0.137. The number of piperidine rings is 1. The minimum Gasteiger partial charge on any atom is -0.491 e. The molecule has 4 rings (SSSR count). The smallest absolute Gasteiger partial charge is 0.294 e.